The topological polar surface area (TPSA) is 63.4 Å². The van der Waals surface area contributed by atoms with Gasteiger partial charge in [-0.25, -0.2) is 8.42 Å². The average Bonchev–Trinajstić information content (AvgIpc) is 2.66. The number of hydrogen-bond donors (Lipinski definition) is 1. The first-order valence-electron chi connectivity index (χ1n) is 6.16. The molecule has 0 amide bonds. The number of nitrogens with two attached hydrogens (primary N) is 1. The van der Waals surface area contributed by atoms with Gasteiger partial charge in [0.05, 0.1) is 11.5 Å². The van der Waals surface area contributed by atoms with E-state index in [1.165, 1.54) is 12.8 Å². The van der Waals surface area contributed by atoms with E-state index in [1.807, 2.05) is 0 Å². The normalized spacial score (nSPS) is 34.0. The number of likely N-dealkylation sites (tertiary alicyclic amines) is 1. The summed E-state index contributed by atoms with van der Waals surface area (Å²) in [5.41, 5.74) is 5.89. The first-order chi connectivity index (χ1) is 7.49. The lowest BCUT2D eigenvalue weighted by molar-refractivity contribution is 0.0768. The van der Waals surface area contributed by atoms with Crippen LogP contribution in [0.4, 0.5) is 0 Å². The van der Waals surface area contributed by atoms with Crippen LogP contribution in [0, 0.1) is 0 Å². The van der Waals surface area contributed by atoms with Crippen molar-refractivity contribution in [2.24, 2.45) is 5.73 Å². The summed E-state index contributed by atoms with van der Waals surface area (Å²) in [5, 5.41) is 0. The second-order valence-corrected chi connectivity index (χ2v) is 7.57. The van der Waals surface area contributed by atoms with Gasteiger partial charge in [-0.1, -0.05) is 0 Å². The third-order valence-electron chi connectivity index (χ3n) is 4.30. The fraction of sp³-hybridized carbons (Fsp3) is 1.00. The number of sulfone groups is 1. The Balaban J connectivity index is 2.15. The van der Waals surface area contributed by atoms with E-state index in [9.17, 15) is 8.42 Å². The van der Waals surface area contributed by atoms with Gasteiger partial charge in [-0.2, -0.15) is 0 Å². The minimum absolute atomic E-state index is 0.0404. The van der Waals surface area contributed by atoms with Crippen molar-refractivity contribution in [3.63, 3.8) is 0 Å². The highest BCUT2D eigenvalue weighted by atomic mass is 32.2. The second kappa shape index (κ2) is 4.27. The lowest BCUT2D eigenvalue weighted by Gasteiger charge is -2.46. The molecule has 2 aliphatic heterocycles. The molecule has 94 valence electrons. The van der Waals surface area contributed by atoms with Gasteiger partial charge in [-0.3, -0.25) is 4.90 Å². The molecular weight excluding hydrogens is 224 g/mol. The smallest absolute Gasteiger partial charge is 0.150 e. The highest BCUT2D eigenvalue weighted by molar-refractivity contribution is 7.91. The third kappa shape index (κ3) is 2.13. The Bertz CT molecular complexity index is 339. The highest BCUT2D eigenvalue weighted by Crippen LogP contribution is 2.34. The van der Waals surface area contributed by atoms with Gasteiger partial charge < -0.3 is 5.73 Å². The largest absolute Gasteiger partial charge is 0.329 e. The molecule has 2 aliphatic rings. The van der Waals surface area contributed by atoms with Crippen molar-refractivity contribution >= 4 is 9.84 Å². The molecule has 2 N–H and O–H groups in total. The molecule has 2 fully saturated rings. The summed E-state index contributed by atoms with van der Waals surface area (Å²) in [6.45, 7) is 3.90. The zero-order valence-corrected chi connectivity index (χ0v) is 10.8. The molecule has 2 rings (SSSR count). The monoisotopic (exact) mass is 246 g/mol. The predicted octanol–water partition coefficient (Wildman–Crippen LogP) is 0.377. The van der Waals surface area contributed by atoms with Crippen molar-refractivity contribution in [2.45, 2.75) is 44.2 Å². The molecule has 16 heavy (non-hydrogen) atoms. The number of nitrogens with zero attached hydrogens (tertiary/aromatic N) is 1. The summed E-state index contributed by atoms with van der Waals surface area (Å²) in [6, 6.07) is 0.560. The van der Waals surface area contributed by atoms with Crippen LogP contribution in [-0.2, 0) is 9.84 Å². The summed E-state index contributed by atoms with van der Waals surface area (Å²) in [6.07, 6.45) is 3.87. The molecule has 0 radical (unpaired) electrons. The maximum Gasteiger partial charge on any atom is 0.150 e. The molecule has 2 saturated heterocycles. The van der Waals surface area contributed by atoms with Crippen LogP contribution < -0.4 is 5.73 Å². The molecule has 1 unspecified atom stereocenters. The van der Waals surface area contributed by atoms with E-state index < -0.39 is 9.84 Å². The Hall–Kier alpha value is -0.130. The maximum atomic E-state index is 11.5. The van der Waals surface area contributed by atoms with E-state index in [-0.39, 0.29) is 5.54 Å². The third-order valence-corrected chi connectivity index (χ3v) is 5.95. The molecule has 0 aromatic heterocycles. The lowest BCUT2D eigenvalue weighted by atomic mass is 9.89. The van der Waals surface area contributed by atoms with Gasteiger partial charge in [0, 0.05) is 18.1 Å². The van der Waals surface area contributed by atoms with E-state index in [0.29, 0.717) is 24.1 Å². The standard InChI is InChI=1S/C11H22N2O2S/c1-10-3-2-6-13(10)11(9-12)4-7-16(14,15)8-5-11/h10H,2-9,12H2,1H3. The SMILES string of the molecule is CC1CCCN1C1(CN)CCS(=O)(=O)CC1. The maximum absolute atomic E-state index is 11.5. The van der Waals surface area contributed by atoms with Gasteiger partial charge in [-0.05, 0) is 39.2 Å². The Morgan fingerprint density at radius 1 is 1.38 bits per heavy atom. The lowest BCUT2D eigenvalue weighted by Crippen LogP contribution is -2.58. The molecule has 0 aliphatic carbocycles. The molecule has 4 nitrogen and oxygen atoms in total. The Morgan fingerprint density at radius 2 is 2.00 bits per heavy atom. The van der Waals surface area contributed by atoms with Crippen LogP contribution >= 0.6 is 0 Å². The fourth-order valence-corrected chi connectivity index (χ4v) is 4.75. The van der Waals surface area contributed by atoms with Crippen LogP contribution in [0.5, 0.6) is 0 Å². The second-order valence-electron chi connectivity index (χ2n) is 5.26. The van der Waals surface area contributed by atoms with E-state index >= 15 is 0 Å². The van der Waals surface area contributed by atoms with Crippen LogP contribution in [-0.4, -0.2) is 49.5 Å². The van der Waals surface area contributed by atoms with Crippen molar-refractivity contribution in [3.8, 4) is 0 Å². The van der Waals surface area contributed by atoms with Gasteiger partial charge in [0.15, 0.2) is 0 Å². The Morgan fingerprint density at radius 3 is 2.44 bits per heavy atom. The van der Waals surface area contributed by atoms with E-state index in [4.69, 9.17) is 5.73 Å². The summed E-state index contributed by atoms with van der Waals surface area (Å²) < 4.78 is 23.0. The van der Waals surface area contributed by atoms with Crippen molar-refractivity contribution in [3.05, 3.63) is 0 Å². The summed E-state index contributed by atoms with van der Waals surface area (Å²) in [4.78, 5) is 2.46. The van der Waals surface area contributed by atoms with Gasteiger partial charge in [0.2, 0.25) is 0 Å². The molecule has 5 heteroatoms. The number of rotatable bonds is 2. The van der Waals surface area contributed by atoms with Gasteiger partial charge in [0.25, 0.3) is 0 Å². The van der Waals surface area contributed by atoms with Crippen LogP contribution in [0.25, 0.3) is 0 Å². The molecular formula is C11H22N2O2S. The van der Waals surface area contributed by atoms with Crippen LogP contribution in [0.1, 0.15) is 32.6 Å². The van der Waals surface area contributed by atoms with Crippen molar-refractivity contribution in [1.82, 2.24) is 4.90 Å². The van der Waals surface area contributed by atoms with Crippen LogP contribution in [0.2, 0.25) is 0 Å². The van der Waals surface area contributed by atoms with E-state index in [2.05, 4.69) is 11.8 Å². The Kier molecular flexibility index (Phi) is 3.29. The zero-order valence-electron chi connectivity index (χ0n) is 9.98. The zero-order chi connectivity index (χ0) is 11.8. The van der Waals surface area contributed by atoms with Crippen LogP contribution in [0.3, 0.4) is 0 Å². The molecule has 0 bridgehead atoms. The molecule has 0 aromatic carbocycles. The summed E-state index contributed by atoms with van der Waals surface area (Å²) >= 11 is 0. The minimum Gasteiger partial charge on any atom is -0.329 e. The fourth-order valence-electron chi connectivity index (χ4n) is 3.16. The van der Waals surface area contributed by atoms with Gasteiger partial charge >= 0.3 is 0 Å². The van der Waals surface area contributed by atoms with Crippen molar-refractivity contribution in [2.75, 3.05) is 24.6 Å². The van der Waals surface area contributed by atoms with E-state index in [0.717, 1.165) is 19.4 Å². The average molecular weight is 246 g/mol. The first kappa shape index (κ1) is 12.3. The molecule has 0 aromatic rings. The number of hydrogen-bond acceptors (Lipinski definition) is 4. The highest BCUT2D eigenvalue weighted by Gasteiger charge is 2.43. The van der Waals surface area contributed by atoms with Gasteiger partial charge in [-0.15, -0.1) is 0 Å². The molecule has 0 spiro atoms. The summed E-state index contributed by atoms with van der Waals surface area (Å²) in [5.74, 6) is 0.626. The van der Waals surface area contributed by atoms with Crippen molar-refractivity contribution in [1.29, 1.82) is 0 Å². The Labute approximate surface area is 98.1 Å². The molecule has 1 atom stereocenters. The van der Waals surface area contributed by atoms with Crippen LogP contribution in [0.15, 0.2) is 0 Å². The summed E-state index contributed by atoms with van der Waals surface area (Å²) in [7, 11) is -2.79. The van der Waals surface area contributed by atoms with Crippen molar-refractivity contribution < 1.29 is 8.42 Å². The minimum atomic E-state index is -2.79. The molecule has 2 heterocycles. The first-order valence-corrected chi connectivity index (χ1v) is 7.98. The van der Waals surface area contributed by atoms with Gasteiger partial charge in [0.1, 0.15) is 9.84 Å². The molecule has 0 saturated carbocycles. The van der Waals surface area contributed by atoms with E-state index in [1.54, 1.807) is 0 Å². The predicted molar refractivity (Wildman–Crippen MR) is 65.1 cm³/mol. The quantitative estimate of drug-likeness (QED) is 0.765.